The third kappa shape index (κ3) is 3.28. The number of rotatable bonds is 4. The maximum absolute atomic E-state index is 14.0. The van der Waals surface area contributed by atoms with Gasteiger partial charge in [-0.25, -0.2) is 8.78 Å². The fraction of sp³-hybridized carbons (Fsp3) is 0.125. The lowest BCUT2D eigenvalue weighted by Crippen LogP contribution is -2.15. The van der Waals surface area contributed by atoms with Crippen LogP contribution in [0.3, 0.4) is 0 Å². The molecule has 0 heterocycles. The average molecular weight is 305 g/mol. The van der Waals surface area contributed by atoms with E-state index >= 15 is 0 Å². The van der Waals surface area contributed by atoms with E-state index in [9.17, 15) is 18.4 Å². The van der Waals surface area contributed by atoms with Gasteiger partial charge in [-0.15, -0.1) is 0 Å². The maximum atomic E-state index is 14.0. The lowest BCUT2D eigenvalue weighted by atomic mass is 10.1. The van der Waals surface area contributed by atoms with Crippen molar-refractivity contribution in [1.29, 1.82) is 0 Å². The minimum absolute atomic E-state index is 0.0291. The van der Waals surface area contributed by atoms with Crippen LogP contribution in [0.5, 0.6) is 5.75 Å². The summed E-state index contributed by atoms with van der Waals surface area (Å²) in [5.41, 5.74) is -0.234. The molecule has 0 fully saturated rings. The Bertz CT molecular complexity index is 744. The van der Waals surface area contributed by atoms with E-state index in [1.165, 1.54) is 38.3 Å². The molecule has 2 aromatic rings. The minimum Gasteiger partial charge on any atom is -0.497 e. The number of hydrogen-bond donors (Lipinski definition) is 1. The summed E-state index contributed by atoms with van der Waals surface area (Å²) in [5.74, 6) is -2.43. The molecule has 1 N–H and O–H groups in total. The Balaban J connectivity index is 2.41. The Morgan fingerprint density at radius 1 is 1.14 bits per heavy atom. The number of halogens is 2. The molecule has 22 heavy (non-hydrogen) atoms. The van der Waals surface area contributed by atoms with Gasteiger partial charge in [0.25, 0.3) is 5.91 Å². The van der Waals surface area contributed by atoms with E-state index in [0.29, 0.717) is 0 Å². The van der Waals surface area contributed by atoms with Crippen molar-refractivity contribution in [2.45, 2.75) is 6.92 Å². The van der Waals surface area contributed by atoms with Gasteiger partial charge in [0, 0.05) is 17.7 Å². The predicted molar refractivity (Wildman–Crippen MR) is 77.3 cm³/mol. The predicted octanol–water partition coefficient (Wildman–Crippen LogP) is 3.43. The summed E-state index contributed by atoms with van der Waals surface area (Å²) in [5, 5.41) is 2.40. The third-order valence-corrected chi connectivity index (χ3v) is 2.99. The molecule has 0 aliphatic heterocycles. The Labute approximate surface area is 125 Å². The van der Waals surface area contributed by atoms with Crippen molar-refractivity contribution in [1.82, 2.24) is 0 Å². The number of carbonyl (C=O) groups excluding carboxylic acids is 2. The number of methoxy groups -OCH3 is 1. The Morgan fingerprint density at radius 2 is 1.86 bits per heavy atom. The molecule has 0 bridgehead atoms. The summed E-state index contributed by atoms with van der Waals surface area (Å²) in [6.07, 6.45) is 0. The highest BCUT2D eigenvalue weighted by Crippen LogP contribution is 2.27. The highest BCUT2D eigenvalue weighted by molar-refractivity contribution is 6.09. The van der Waals surface area contributed by atoms with E-state index in [0.717, 1.165) is 12.1 Å². The van der Waals surface area contributed by atoms with Crippen LogP contribution in [-0.2, 0) is 0 Å². The molecule has 0 saturated heterocycles. The number of ether oxygens (including phenoxy) is 1. The summed E-state index contributed by atoms with van der Waals surface area (Å²) >= 11 is 0. The molecule has 4 nitrogen and oxygen atoms in total. The van der Waals surface area contributed by atoms with E-state index in [-0.39, 0.29) is 22.6 Å². The second-order valence-corrected chi connectivity index (χ2v) is 4.55. The zero-order chi connectivity index (χ0) is 16.3. The molecule has 114 valence electrons. The molecule has 0 atom stereocenters. The standard InChI is InChI=1S/C16H13F2NO3/c1-9(20)15-13(18)7-12(22-2)8-14(15)19-16(21)10-4-3-5-11(17)6-10/h3-8H,1-2H3,(H,19,21). The lowest BCUT2D eigenvalue weighted by molar-refractivity contribution is 0.101. The topological polar surface area (TPSA) is 55.4 Å². The molecular formula is C16H13F2NO3. The number of carbonyl (C=O) groups is 2. The molecule has 6 heteroatoms. The first-order valence-corrected chi connectivity index (χ1v) is 6.37. The number of amides is 1. The van der Waals surface area contributed by atoms with Gasteiger partial charge in [0.15, 0.2) is 5.78 Å². The zero-order valence-corrected chi connectivity index (χ0v) is 11.9. The normalized spacial score (nSPS) is 10.2. The number of Topliss-reactive ketones (excluding diaryl/α,β-unsaturated/α-hetero) is 1. The van der Waals surface area contributed by atoms with E-state index in [1.54, 1.807) is 0 Å². The largest absolute Gasteiger partial charge is 0.497 e. The fourth-order valence-electron chi connectivity index (χ4n) is 1.98. The van der Waals surface area contributed by atoms with Gasteiger partial charge in [0.1, 0.15) is 17.4 Å². The van der Waals surface area contributed by atoms with Crippen LogP contribution < -0.4 is 10.1 Å². The molecule has 0 radical (unpaired) electrons. The van der Waals surface area contributed by atoms with Gasteiger partial charge < -0.3 is 10.1 Å². The Kier molecular flexibility index (Phi) is 4.50. The van der Waals surface area contributed by atoms with E-state index < -0.39 is 23.3 Å². The lowest BCUT2D eigenvalue weighted by Gasteiger charge is -2.12. The van der Waals surface area contributed by atoms with Gasteiger partial charge in [0.2, 0.25) is 0 Å². The monoisotopic (exact) mass is 305 g/mol. The van der Waals surface area contributed by atoms with Crippen LogP contribution in [0.1, 0.15) is 27.6 Å². The van der Waals surface area contributed by atoms with Crippen LogP contribution in [0.2, 0.25) is 0 Å². The van der Waals surface area contributed by atoms with Crippen LogP contribution in [0.15, 0.2) is 36.4 Å². The van der Waals surface area contributed by atoms with Crippen molar-refractivity contribution in [2.24, 2.45) is 0 Å². The number of hydrogen-bond acceptors (Lipinski definition) is 3. The van der Waals surface area contributed by atoms with Crippen LogP contribution in [0, 0.1) is 11.6 Å². The Morgan fingerprint density at radius 3 is 2.45 bits per heavy atom. The summed E-state index contributed by atoms with van der Waals surface area (Å²) in [4.78, 5) is 23.7. The number of ketones is 1. The van der Waals surface area contributed by atoms with Crippen molar-refractivity contribution in [3.8, 4) is 5.75 Å². The molecule has 1 amide bonds. The fourth-order valence-corrected chi connectivity index (χ4v) is 1.98. The van der Waals surface area contributed by atoms with Gasteiger partial charge in [-0.2, -0.15) is 0 Å². The van der Waals surface area contributed by atoms with Gasteiger partial charge in [-0.05, 0) is 25.1 Å². The first kappa shape index (κ1) is 15.6. The van der Waals surface area contributed by atoms with Crippen molar-refractivity contribution < 1.29 is 23.1 Å². The van der Waals surface area contributed by atoms with Gasteiger partial charge in [0.05, 0.1) is 18.4 Å². The number of anilines is 1. The second kappa shape index (κ2) is 6.34. The number of benzene rings is 2. The molecule has 2 rings (SSSR count). The first-order chi connectivity index (χ1) is 10.4. The second-order valence-electron chi connectivity index (χ2n) is 4.55. The maximum Gasteiger partial charge on any atom is 0.255 e. The summed E-state index contributed by atoms with van der Waals surface area (Å²) in [7, 11) is 1.33. The Hall–Kier alpha value is -2.76. The van der Waals surface area contributed by atoms with Gasteiger partial charge in [-0.1, -0.05) is 6.07 Å². The quantitative estimate of drug-likeness (QED) is 0.881. The molecule has 0 spiro atoms. The van der Waals surface area contributed by atoms with Crippen LogP contribution >= 0.6 is 0 Å². The molecule has 0 unspecified atom stereocenters. The van der Waals surface area contributed by atoms with E-state index in [2.05, 4.69) is 5.32 Å². The highest BCUT2D eigenvalue weighted by atomic mass is 19.1. The van der Waals surface area contributed by atoms with Crippen LogP contribution in [-0.4, -0.2) is 18.8 Å². The van der Waals surface area contributed by atoms with Gasteiger partial charge in [-0.3, -0.25) is 9.59 Å². The van der Waals surface area contributed by atoms with Crippen molar-refractivity contribution in [2.75, 3.05) is 12.4 Å². The highest BCUT2D eigenvalue weighted by Gasteiger charge is 2.18. The van der Waals surface area contributed by atoms with Crippen molar-refractivity contribution in [3.05, 3.63) is 59.2 Å². The summed E-state index contributed by atoms with van der Waals surface area (Å²) in [6.45, 7) is 1.18. The van der Waals surface area contributed by atoms with Gasteiger partial charge >= 0.3 is 0 Å². The molecule has 0 aliphatic carbocycles. The zero-order valence-electron chi connectivity index (χ0n) is 11.9. The van der Waals surface area contributed by atoms with E-state index in [1.807, 2.05) is 0 Å². The minimum atomic E-state index is -0.804. The average Bonchev–Trinajstić information content (AvgIpc) is 2.46. The third-order valence-electron chi connectivity index (χ3n) is 2.99. The van der Waals surface area contributed by atoms with Crippen LogP contribution in [0.4, 0.5) is 14.5 Å². The SMILES string of the molecule is COc1cc(F)c(C(C)=O)c(NC(=O)c2cccc(F)c2)c1. The molecule has 2 aromatic carbocycles. The molecule has 0 saturated carbocycles. The van der Waals surface area contributed by atoms with Crippen molar-refractivity contribution >= 4 is 17.4 Å². The van der Waals surface area contributed by atoms with Crippen molar-refractivity contribution in [3.63, 3.8) is 0 Å². The molecule has 0 aliphatic rings. The first-order valence-electron chi connectivity index (χ1n) is 6.37. The smallest absolute Gasteiger partial charge is 0.255 e. The van der Waals surface area contributed by atoms with E-state index in [4.69, 9.17) is 4.74 Å². The van der Waals surface area contributed by atoms with Crippen LogP contribution in [0.25, 0.3) is 0 Å². The molecular weight excluding hydrogens is 292 g/mol. The summed E-state index contributed by atoms with van der Waals surface area (Å²) < 4.78 is 32.0. The number of nitrogens with one attached hydrogen (secondary N) is 1. The summed E-state index contributed by atoms with van der Waals surface area (Å²) in [6, 6.07) is 7.40. The molecule has 0 aromatic heterocycles.